The lowest BCUT2D eigenvalue weighted by Gasteiger charge is -2.41. The molecule has 1 amide bonds. The van der Waals surface area contributed by atoms with Crippen LogP contribution in [0.5, 0.6) is 0 Å². The highest BCUT2D eigenvalue weighted by Gasteiger charge is 2.48. The maximum Gasteiger partial charge on any atom is 0.410 e. The second kappa shape index (κ2) is 7.37. The fourth-order valence-electron chi connectivity index (χ4n) is 2.19. The Balaban J connectivity index is 2.78. The lowest BCUT2D eigenvalue weighted by molar-refractivity contribution is -0.197. The van der Waals surface area contributed by atoms with Crippen LogP contribution in [0.2, 0.25) is 0 Å². The van der Waals surface area contributed by atoms with E-state index < -0.39 is 43.0 Å². The SMILES string of the molecule is CCOC(=O)CN1CCN(C(=O)OC(C)(C)C)C[C@H]1C(F)(F)F. The third-order valence-electron chi connectivity index (χ3n) is 3.16. The summed E-state index contributed by atoms with van der Waals surface area (Å²) in [4.78, 5) is 25.4. The Morgan fingerprint density at radius 2 is 1.78 bits per heavy atom. The Morgan fingerprint density at radius 1 is 1.17 bits per heavy atom. The molecule has 0 aromatic rings. The van der Waals surface area contributed by atoms with E-state index in [2.05, 4.69) is 0 Å². The zero-order valence-corrected chi connectivity index (χ0v) is 13.8. The second-order valence-corrected chi connectivity index (χ2v) is 6.26. The lowest BCUT2D eigenvalue weighted by atomic mass is 10.1. The molecule has 0 bridgehead atoms. The van der Waals surface area contributed by atoms with Crippen molar-refractivity contribution in [3.63, 3.8) is 0 Å². The maximum atomic E-state index is 13.2. The summed E-state index contributed by atoms with van der Waals surface area (Å²) in [6.07, 6.45) is -5.35. The molecule has 0 N–H and O–H groups in total. The molecule has 1 rings (SSSR count). The third-order valence-corrected chi connectivity index (χ3v) is 3.16. The molecule has 0 saturated carbocycles. The first kappa shape index (κ1) is 19.5. The molecule has 1 aliphatic heterocycles. The van der Waals surface area contributed by atoms with Crippen molar-refractivity contribution >= 4 is 12.1 Å². The van der Waals surface area contributed by atoms with Crippen molar-refractivity contribution < 1.29 is 32.2 Å². The normalized spacial score (nSPS) is 20.3. The maximum absolute atomic E-state index is 13.2. The summed E-state index contributed by atoms with van der Waals surface area (Å²) in [6.45, 7) is 5.56. The first-order chi connectivity index (χ1) is 10.4. The number of esters is 1. The van der Waals surface area contributed by atoms with Crippen molar-refractivity contribution in [3.8, 4) is 0 Å². The Bertz CT molecular complexity index is 435. The average molecular weight is 340 g/mol. The number of ether oxygens (including phenoxy) is 2. The highest BCUT2D eigenvalue weighted by molar-refractivity contribution is 5.72. The van der Waals surface area contributed by atoms with Gasteiger partial charge in [-0.3, -0.25) is 9.69 Å². The highest BCUT2D eigenvalue weighted by atomic mass is 19.4. The van der Waals surface area contributed by atoms with E-state index in [1.54, 1.807) is 27.7 Å². The number of amides is 1. The van der Waals surface area contributed by atoms with Crippen LogP contribution in [0.4, 0.5) is 18.0 Å². The fraction of sp³-hybridized carbons (Fsp3) is 0.857. The van der Waals surface area contributed by atoms with Gasteiger partial charge in [0.05, 0.1) is 13.2 Å². The van der Waals surface area contributed by atoms with E-state index in [-0.39, 0.29) is 19.7 Å². The van der Waals surface area contributed by atoms with Crippen LogP contribution < -0.4 is 0 Å². The molecule has 1 heterocycles. The van der Waals surface area contributed by atoms with Gasteiger partial charge in [-0.15, -0.1) is 0 Å². The van der Waals surface area contributed by atoms with E-state index in [4.69, 9.17) is 9.47 Å². The van der Waals surface area contributed by atoms with Gasteiger partial charge in [0.1, 0.15) is 11.6 Å². The van der Waals surface area contributed by atoms with Crippen LogP contribution in [0.25, 0.3) is 0 Å². The van der Waals surface area contributed by atoms with Gasteiger partial charge < -0.3 is 14.4 Å². The standard InChI is InChI=1S/C14H23F3N2O4/c1-5-22-11(20)9-18-6-7-19(8-10(18)14(15,16)17)12(21)23-13(2,3)4/h10H,5-9H2,1-4H3/t10-/m0/s1. The molecule has 1 saturated heterocycles. The number of halogens is 3. The minimum absolute atomic E-state index is 0.0564. The van der Waals surface area contributed by atoms with Crippen LogP contribution >= 0.6 is 0 Å². The van der Waals surface area contributed by atoms with Gasteiger partial charge in [0.2, 0.25) is 0 Å². The zero-order chi connectivity index (χ0) is 17.8. The molecule has 1 fully saturated rings. The predicted molar refractivity (Wildman–Crippen MR) is 75.9 cm³/mol. The second-order valence-electron chi connectivity index (χ2n) is 6.26. The van der Waals surface area contributed by atoms with Gasteiger partial charge >= 0.3 is 18.2 Å². The Hall–Kier alpha value is -1.51. The van der Waals surface area contributed by atoms with Crippen molar-refractivity contribution in [3.05, 3.63) is 0 Å². The molecule has 23 heavy (non-hydrogen) atoms. The van der Waals surface area contributed by atoms with Crippen LogP contribution in [-0.2, 0) is 14.3 Å². The van der Waals surface area contributed by atoms with Crippen molar-refractivity contribution in [2.75, 3.05) is 32.8 Å². The van der Waals surface area contributed by atoms with Gasteiger partial charge in [-0.1, -0.05) is 0 Å². The molecule has 6 nitrogen and oxygen atoms in total. The Morgan fingerprint density at radius 3 is 2.26 bits per heavy atom. The largest absolute Gasteiger partial charge is 0.465 e. The van der Waals surface area contributed by atoms with Gasteiger partial charge in [-0.2, -0.15) is 13.2 Å². The number of rotatable bonds is 3. The summed E-state index contributed by atoms with van der Waals surface area (Å²) >= 11 is 0. The molecule has 0 unspecified atom stereocenters. The number of nitrogens with zero attached hydrogens (tertiary/aromatic N) is 2. The van der Waals surface area contributed by atoms with E-state index >= 15 is 0 Å². The van der Waals surface area contributed by atoms with Crippen LogP contribution in [0, 0.1) is 0 Å². The summed E-state index contributed by atoms with van der Waals surface area (Å²) in [7, 11) is 0. The molecule has 1 atom stereocenters. The lowest BCUT2D eigenvalue weighted by Crippen LogP contribution is -2.61. The molecule has 0 spiro atoms. The minimum atomic E-state index is -4.56. The molecular formula is C14H23F3N2O4. The van der Waals surface area contributed by atoms with Gasteiger partial charge in [0.25, 0.3) is 0 Å². The molecule has 0 aromatic heterocycles. The predicted octanol–water partition coefficient (Wildman–Crippen LogP) is 2.03. The monoisotopic (exact) mass is 340 g/mol. The highest BCUT2D eigenvalue weighted by Crippen LogP contribution is 2.28. The summed E-state index contributed by atoms with van der Waals surface area (Å²) in [5, 5.41) is 0. The summed E-state index contributed by atoms with van der Waals surface area (Å²) in [6, 6.07) is -1.92. The number of hydrogen-bond donors (Lipinski definition) is 0. The summed E-state index contributed by atoms with van der Waals surface area (Å²) < 4.78 is 49.5. The molecule has 0 aliphatic carbocycles. The first-order valence-electron chi connectivity index (χ1n) is 7.38. The zero-order valence-electron chi connectivity index (χ0n) is 13.8. The third kappa shape index (κ3) is 6.25. The van der Waals surface area contributed by atoms with Crippen molar-refractivity contribution in [1.82, 2.24) is 9.80 Å². The van der Waals surface area contributed by atoms with Crippen molar-refractivity contribution in [1.29, 1.82) is 0 Å². The van der Waals surface area contributed by atoms with Gasteiger partial charge in [0, 0.05) is 19.6 Å². The minimum Gasteiger partial charge on any atom is -0.465 e. The quantitative estimate of drug-likeness (QED) is 0.736. The van der Waals surface area contributed by atoms with E-state index in [9.17, 15) is 22.8 Å². The number of alkyl halides is 3. The van der Waals surface area contributed by atoms with E-state index in [0.29, 0.717) is 0 Å². The molecule has 1 aliphatic rings. The first-order valence-corrected chi connectivity index (χ1v) is 7.38. The van der Waals surface area contributed by atoms with Crippen LogP contribution in [0.1, 0.15) is 27.7 Å². The van der Waals surface area contributed by atoms with E-state index in [0.717, 1.165) is 9.80 Å². The Kier molecular flexibility index (Phi) is 6.26. The fourth-order valence-corrected chi connectivity index (χ4v) is 2.19. The van der Waals surface area contributed by atoms with Crippen molar-refractivity contribution in [2.45, 2.75) is 45.5 Å². The van der Waals surface area contributed by atoms with Crippen molar-refractivity contribution in [2.24, 2.45) is 0 Å². The molecule has 0 aromatic carbocycles. The molecule has 9 heteroatoms. The van der Waals surface area contributed by atoms with Crippen LogP contribution in [-0.4, -0.2) is 72.5 Å². The van der Waals surface area contributed by atoms with Gasteiger partial charge in [0.15, 0.2) is 0 Å². The van der Waals surface area contributed by atoms with Crippen LogP contribution in [0.3, 0.4) is 0 Å². The Labute approximate surface area is 133 Å². The number of piperazine rings is 1. The molecule has 134 valence electrons. The summed E-state index contributed by atoms with van der Waals surface area (Å²) in [5.41, 5.74) is -0.785. The number of carbonyl (C=O) groups excluding carboxylic acids is 2. The van der Waals surface area contributed by atoms with Gasteiger partial charge in [-0.25, -0.2) is 4.79 Å². The van der Waals surface area contributed by atoms with Gasteiger partial charge in [-0.05, 0) is 27.7 Å². The number of hydrogen-bond acceptors (Lipinski definition) is 5. The number of carbonyl (C=O) groups is 2. The van der Waals surface area contributed by atoms with Crippen LogP contribution in [0.15, 0.2) is 0 Å². The summed E-state index contributed by atoms with van der Waals surface area (Å²) in [5.74, 6) is -0.715. The molecular weight excluding hydrogens is 317 g/mol. The van der Waals surface area contributed by atoms with E-state index in [1.807, 2.05) is 0 Å². The molecule has 0 radical (unpaired) electrons. The average Bonchev–Trinajstić information content (AvgIpc) is 2.35. The smallest absolute Gasteiger partial charge is 0.410 e. The topological polar surface area (TPSA) is 59.1 Å². The van der Waals surface area contributed by atoms with E-state index in [1.165, 1.54) is 0 Å².